The molecule has 1 saturated heterocycles. The lowest BCUT2D eigenvalue weighted by Crippen LogP contribution is -2.49. The number of carbonyl (C=O) groups is 2. The summed E-state index contributed by atoms with van der Waals surface area (Å²) < 4.78 is 1.72. The third-order valence-corrected chi connectivity index (χ3v) is 4.88. The van der Waals surface area contributed by atoms with Gasteiger partial charge in [0.15, 0.2) is 6.04 Å². The van der Waals surface area contributed by atoms with E-state index in [4.69, 9.17) is 4.84 Å². The summed E-state index contributed by atoms with van der Waals surface area (Å²) in [5.74, 6) is -0.213. The molecule has 0 unspecified atom stereocenters. The van der Waals surface area contributed by atoms with Crippen LogP contribution in [0.15, 0.2) is 36.5 Å². The standard InChI is InChI=1S/C19H22N4O3/c1-14-5-4-6-15(11-14)18(24)21-12-16-7-8-20-23(16)17(13-21)19(25)22-9-2-3-10-26-22/h4-8,11,17H,2-3,9-10,12-13H2,1H3/t17-/m1/s1. The third kappa shape index (κ3) is 3.10. The van der Waals surface area contributed by atoms with Crippen molar-refractivity contribution in [1.82, 2.24) is 19.7 Å². The van der Waals surface area contributed by atoms with E-state index in [0.717, 1.165) is 24.1 Å². The van der Waals surface area contributed by atoms with Crippen LogP contribution in [-0.2, 0) is 16.2 Å². The number of amides is 2. The van der Waals surface area contributed by atoms with Crippen molar-refractivity contribution in [2.75, 3.05) is 19.7 Å². The molecule has 7 nitrogen and oxygen atoms in total. The van der Waals surface area contributed by atoms with Gasteiger partial charge in [-0.2, -0.15) is 5.10 Å². The molecule has 4 rings (SSSR count). The number of fused-ring (bicyclic) bond motifs is 1. The van der Waals surface area contributed by atoms with Gasteiger partial charge in [0.05, 0.1) is 25.4 Å². The number of hydroxylamine groups is 2. The largest absolute Gasteiger partial charge is 0.330 e. The van der Waals surface area contributed by atoms with Gasteiger partial charge in [-0.15, -0.1) is 0 Å². The lowest BCUT2D eigenvalue weighted by atomic mass is 10.1. The molecule has 0 saturated carbocycles. The van der Waals surface area contributed by atoms with Crippen molar-refractivity contribution < 1.29 is 14.4 Å². The quantitative estimate of drug-likeness (QED) is 0.827. The first-order valence-corrected chi connectivity index (χ1v) is 8.96. The Morgan fingerprint density at radius 2 is 2.12 bits per heavy atom. The van der Waals surface area contributed by atoms with Crippen LogP contribution in [0, 0.1) is 6.92 Å². The van der Waals surface area contributed by atoms with Gasteiger partial charge in [0.2, 0.25) is 0 Å². The lowest BCUT2D eigenvalue weighted by molar-refractivity contribution is -0.201. The maximum Gasteiger partial charge on any atom is 0.272 e. The molecule has 7 heteroatoms. The van der Waals surface area contributed by atoms with Gasteiger partial charge in [-0.3, -0.25) is 19.1 Å². The van der Waals surface area contributed by atoms with Crippen molar-refractivity contribution in [2.45, 2.75) is 32.4 Å². The van der Waals surface area contributed by atoms with Crippen LogP contribution in [0.5, 0.6) is 0 Å². The minimum absolute atomic E-state index is 0.0708. The summed E-state index contributed by atoms with van der Waals surface area (Å²) in [4.78, 5) is 33.2. The van der Waals surface area contributed by atoms with Crippen molar-refractivity contribution >= 4 is 11.8 Å². The van der Waals surface area contributed by atoms with Gasteiger partial charge in [0.1, 0.15) is 0 Å². The molecule has 2 amide bonds. The van der Waals surface area contributed by atoms with Gasteiger partial charge in [-0.05, 0) is 38.0 Å². The Morgan fingerprint density at radius 1 is 1.23 bits per heavy atom. The van der Waals surface area contributed by atoms with Gasteiger partial charge >= 0.3 is 0 Å². The molecule has 2 aromatic rings. The molecule has 1 aromatic heterocycles. The number of hydrogen-bond acceptors (Lipinski definition) is 4. The molecule has 26 heavy (non-hydrogen) atoms. The lowest BCUT2D eigenvalue weighted by Gasteiger charge is -2.36. The first kappa shape index (κ1) is 16.8. The van der Waals surface area contributed by atoms with Crippen LogP contribution in [-0.4, -0.2) is 51.3 Å². The third-order valence-electron chi connectivity index (χ3n) is 4.88. The molecule has 0 aliphatic carbocycles. The maximum atomic E-state index is 13.0. The summed E-state index contributed by atoms with van der Waals surface area (Å²) in [5.41, 5.74) is 2.53. The molecular weight excluding hydrogens is 332 g/mol. The molecular formula is C19H22N4O3. The van der Waals surface area contributed by atoms with Gasteiger partial charge in [0.25, 0.3) is 11.8 Å². The predicted octanol–water partition coefficient (Wildman–Crippen LogP) is 1.94. The Kier molecular flexibility index (Phi) is 4.46. The number of rotatable bonds is 2. The van der Waals surface area contributed by atoms with Gasteiger partial charge < -0.3 is 4.90 Å². The average molecular weight is 354 g/mol. The highest BCUT2D eigenvalue weighted by atomic mass is 16.7. The number of benzene rings is 1. The molecule has 0 spiro atoms. The van der Waals surface area contributed by atoms with Crippen molar-refractivity contribution in [3.8, 4) is 0 Å². The van der Waals surface area contributed by atoms with Gasteiger partial charge in [-0.1, -0.05) is 17.7 Å². The second kappa shape index (κ2) is 6.92. The topological polar surface area (TPSA) is 67.7 Å². The molecule has 1 aromatic carbocycles. The second-order valence-electron chi connectivity index (χ2n) is 6.82. The number of aryl methyl sites for hydroxylation is 1. The van der Waals surface area contributed by atoms with E-state index in [-0.39, 0.29) is 11.8 Å². The highest BCUT2D eigenvalue weighted by molar-refractivity contribution is 5.95. The number of hydrogen-bond donors (Lipinski definition) is 0. The van der Waals surface area contributed by atoms with Crippen LogP contribution in [0.25, 0.3) is 0 Å². The highest BCUT2D eigenvalue weighted by Gasteiger charge is 2.36. The summed E-state index contributed by atoms with van der Waals surface area (Å²) in [6.45, 7) is 3.83. The fraction of sp³-hybridized carbons (Fsp3) is 0.421. The predicted molar refractivity (Wildman–Crippen MR) is 94.1 cm³/mol. The van der Waals surface area contributed by atoms with E-state index in [1.54, 1.807) is 15.8 Å². The molecule has 2 aliphatic rings. The van der Waals surface area contributed by atoms with Crippen molar-refractivity contribution in [1.29, 1.82) is 0 Å². The van der Waals surface area contributed by atoms with E-state index in [0.29, 0.717) is 31.8 Å². The van der Waals surface area contributed by atoms with Crippen LogP contribution >= 0.6 is 0 Å². The molecule has 1 fully saturated rings. The zero-order valence-corrected chi connectivity index (χ0v) is 14.8. The van der Waals surface area contributed by atoms with E-state index in [2.05, 4.69) is 5.10 Å². The Labute approximate surface area is 152 Å². The maximum absolute atomic E-state index is 13.0. The summed E-state index contributed by atoms with van der Waals surface area (Å²) >= 11 is 0. The summed E-state index contributed by atoms with van der Waals surface area (Å²) in [5, 5.41) is 5.74. The van der Waals surface area contributed by atoms with E-state index in [1.807, 2.05) is 37.3 Å². The van der Waals surface area contributed by atoms with Crippen molar-refractivity contribution in [3.05, 3.63) is 53.3 Å². The Balaban J connectivity index is 1.59. The average Bonchev–Trinajstić information content (AvgIpc) is 3.15. The fourth-order valence-corrected chi connectivity index (χ4v) is 3.53. The number of aromatic nitrogens is 2. The second-order valence-corrected chi connectivity index (χ2v) is 6.82. The normalized spacial score (nSPS) is 20.0. The first-order valence-electron chi connectivity index (χ1n) is 8.96. The summed E-state index contributed by atoms with van der Waals surface area (Å²) in [6.07, 6.45) is 3.56. The monoisotopic (exact) mass is 354 g/mol. The van der Waals surface area contributed by atoms with E-state index < -0.39 is 6.04 Å². The van der Waals surface area contributed by atoms with Crippen LogP contribution in [0.2, 0.25) is 0 Å². The van der Waals surface area contributed by atoms with Crippen molar-refractivity contribution in [3.63, 3.8) is 0 Å². The molecule has 1 atom stereocenters. The molecule has 0 radical (unpaired) electrons. The zero-order chi connectivity index (χ0) is 18.1. The van der Waals surface area contributed by atoms with Gasteiger partial charge in [-0.25, -0.2) is 5.06 Å². The number of nitrogens with zero attached hydrogens (tertiary/aromatic N) is 4. The van der Waals surface area contributed by atoms with E-state index in [1.165, 1.54) is 5.06 Å². The van der Waals surface area contributed by atoms with Crippen LogP contribution in [0.4, 0.5) is 0 Å². The first-order chi connectivity index (χ1) is 12.6. The van der Waals surface area contributed by atoms with Gasteiger partial charge in [0, 0.05) is 18.3 Å². The minimum Gasteiger partial charge on any atom is -0.330 e. The fourth-order valence-electron chi connectivity index (χ4n) is 3.53. The SMILES string of the molecule is Cc1cccc(C(=O)N2Cc3ccnn3[C@@H](C(=O)N3CCCCO3)C2)c1. The highest BCUT2D eigenvalue weighted by Crippen LogP contribution is 2.25. The Hall–Kier alpha value is -2.67. The minimum atomic E-state index is -0.555. The zero-order valence-electron chi connectivity index (χ0n) is 14.8. The molecule has 136 valence electrons. The summed E-state index contributed by atoms with van der Waals surface area (Å²) in [6, 6.07) is 8.82. The Bertz CT molecular complexity index is 826. The molecule has 0 bridgehead atoms. The summed E-state index contributed by atoms with van der Waals surface area (Å²) in [7, 11) is 0. The van der Waals surface area contributed by atoms with E-state index in [9.17, 15) is 9.59 Å². The van der Waals surface area contributed by atoms with Crippen LogP contribution in [0.1, 0.15) is 40.5 Å². The van der Waals surface area contributed by atoms with Crippen LogP contribution in [0.3, 0.4) is 0 Å². The van der Waals surface area contributed by atoms with Crippen molar-refractivity contribution in [2.24, 2.45) is 0 Å². The molecule has 2 aliphatic heterocycles. The molecule has 0 N–H and O–H groups in total. The van der Waals surface area contributed by atoms with E-state index >= 15 is 0 Å². The molecule has 3 heterocycles. The number of carbonyl (C=O) groups excluding carboxylic acids is 2. The van der Waals surface area contributed by atoms with Crippen LogP contribution < -0.4 is 0 Å². The Morgan fingerprint density at radius 3 is 2.88 bits per heavy atom. The smallest absolute Gasteiger partial charge is 0.272 e.